The Morgan fingerprint density at radius 2 is 2.11 bits per heavy atom. The highest BCUT2D eigenvalue weighted by Crippen LogP contribution is 2.21. The highest BCUT2D eigenvalue weighted by molar-refractivity contribution is 5.56. The summed E-state index contributed by atoms with van der Waals surface area (Å²) in [6.45, 7) is 7.32. The molecule has 1 aromatic heterocycles. The highest BCUT2D eigenvalue weighted by Gasteiger charge is 2.19. The largest absolute Gasteiger partial charge is 0.369 e. The summed E-state index contributed by atoms with van der Waals surface area (Å²) in [4.78, 5) is 11.3. The number of nitrogens with two attached hydrogens (primary N) is 1. The Hall–Kier alpha value is -1.40. The van der Waals surface area contributed by atoms with Crippen molar-refractivity contribution >= 4 is 11.6 Å². The number of aryl methyl sites for hydroxylation is 1. The average molecular weight is 264 g/mol. The summed E-state index contributed by atoms with van der Waals surface area (Å²) in [5.74, 6) is 8.61. The fraction of sp³-hybridized carbons (Fsp3) is 0.692. The standard InChI is InChI=1S/C13H24N6/c1-4-11-16-12(9(2)13(17-11)18-14)15-7-10-5-6-19(3)8-10/h10H,4-8,14H2,1-3H3,(H2,15,16,17,18). The molecule has 1 atom stereocenters. The van der Waals surface area contributed by atoms with E-state index in [9.17, 15) is 0 Å². The zero-order chi connectivity index (χ0) is 13.8. The minimum Gasteiger partial charge on any atom is -0.369 e. The normalized spacial score (nSPS) is 19.7. The molecular weight excluding hydrogens is 240 g/mol. The van der Waals surface area contributed by atoms with Crippen molar-refractivity contribution in [2.45, 2.75) is 26.7 Å². The third-order valence-corrected chi connectivity index (χ3v) is 3.69. The van der Waals surface area contributed by atoms with Gasteiger partial charge in [0.05, 0.1) is 0 Å². The summed E-state index contributed by atoms with van der Waals surface area (Å²) in [6.07, 6.45) is 2.05. The number of rotatable bonds is 5. The van der Waals surface area contributed by atoms with Crippen LogP contribution in [0.2, 0.25) is 0 Å². The molecule has 2 heterocycles. The molecule has 0 amide bonds. The number of anilines is 2. The van der Waals surface area contributed by atoms with E-state index in [1.807, 2.05) is 13.8 Å². The van der Waals surface area contributed by atoms with Gasteiger partial charge in [-0.15, -0.1) is 0 Å². The predicted molar refractivity (Wildman–Crippen MR) is 78.1 cm³/mol. The highest BCUT2D eigenvalue weighted by atomic mass is 15.3. The molecular formula is C13H24N6. The number of likely N-dealkylation sites (tertiary alicyclic amines) is 1. The number of hydrogen-bond acceptors (Lipinski definition) is 6. The maximum Gasteiger partial charge on any atom is 0.148 e. The lowest BCUT2D eigenvalue weighted by molar-refractivity contribution is 0.399. The van der Waals surface area contributed by atoms with Gasteiger partial charge in [0, 0.05) is 25.1 Å². The van der Waals surface area contributed by atoms with E-state index in [0.29, 0.717) is 11.7 Å². The number of aromatic nitrogens is 2. The van der Waals surface area contributed by atoms with Crippen molar-refractivity contribution in [1.29, 1.82) is 0 Å². The lowest BCUT2D eigenvalue weighted by Gasteiger charge is -2.16. The van der Waals surface area contributed by atoms with Crippen molar-refractivity contribution in [3.63, 3.8) is 0 Å². The molecule has 0 saturated carbocycles. The second-order valence-electron chi connectivity index (χ2n) is 5.26. The Morgan fingerprint density at radius 1 is 1.37 bits per heavy atom. The monoisotopic (exact) mass is 264 g/mol. The van der Waals surface area contributed by atoms with Gasteiger partial charge < -0.3 is 15.6 Å². The second kappa shape index (κ2) is 6.16. The van der Waals surface area contributed by atoms with Gasteiger partial charge in [-0.1, -0.05) is 6.92 Å². The van der Waals surface area contributed by atoms with Crippen LogP contribution in [0.5, 0.6) is 0 Å². The zero-order valence-electron chi connectivity index (χ0n) is 12.0. The molecule has 6 nitrogen and oxygen atoms in total. The van der Waals surface area contributed by atoms with Crippen molar-refractivity contribution in [3.05, 3.63) is 11.4 Å². The summed E-state index contributed by atoms with van der Waals surface area (Å²) in [7, 11) is 2.17. The lowest BCUT2D eigenvalue weighted by Crippen LogP contribution is -2.21. The van der Waals surface area contributed by atoms with Gasteiger partial charge in [-0.25, -0.2) is 15.8 Å². The van der Waals surface area contributed by atoms with Gasteiger partial charge in [0.2, 0.25) is 0 Å². The molecule has 0 bridgehead atoms. The molecule has 1 unspecified atom stereocenters. The van der Waals surface area contributed by atoms with Crippen molar-refractivity contribution in [3.8, 4) is 0 Å². The summed E-state index contributed by atoms with van der Waals surface area (Å²) in [5, 5.41) is 3.45. The zero-order valence-corrected chi connectivity index (χ0v) is 12.0. The van der Waals surface area contributed by atoms with Gasteiger partial charge in [0.25, 0.3) is 0 Å². The predicted octanol–water partition coefficient (Wildman–Crippen LogP) is 0.997. The molecule has 0 radical (unpaired) electrons. The van der Waals surface area contributed by atoms with Crippen LogP contribution in [0.25, 0.3) is 0 Å². The molecule has 1 aliphatic heterocycles. The smallest absolute Gasteiger partial charge is 0.148 e. The van der Waals surface area contributed by atoms with E-state index in [4.69, 9.17) is 5.84 Å². The van der Waals surface area contributed by atoms with Crippen molar-refractivity contribution in [2.75, 3.05) is 37.4 Å². The summed E-state index contributed by atoms with van der Waals surface area (Å²) >= 11 is 0. The van der Waals surface area contributed by atoms with Crippen molar-refractivity contribution in [2.24, 2.45) is 11.8 Å². The van der Waals surface area contributed by atoms with Gasteiger partial charge in [-0.05, 0) is 32.9 Å². The topological polar surface area (TPSA) is 79.1 Å². The molecule has 4 N–H and O–H groups in total. The minimum atomic E-state index is 0.693. The third kappa shape index (κ3) is 3.33. The van der Waals surface area contributed by atoms with Crippen LogP contribution >= 0.6 is 0 Å². The van der Waals surface area contributed by atoms with Crippen LogP contribution < -0.4 is 16.6 Å². The van der Waals surface area contributed by atoms with E-state index < -0.39 is 0 Å². The first kappa shape index (κ1) is 14.0. The number of nitrogens with one attached hydrogen (secondary N) is 2. The average Bonchev–Trinajstić information content (AvgIpc) is 2.83. The fourth-order valence-electron chi connectivity index (χ4n) is 2.47. The van der Waals surface area contributed by atoms with E-state index in [1.54, 1.807) is 0 Å². The number of nitrogen functional groups attached to an aromatic ring is 1. The van der Waals surface area contributed by atoms with Crippen LogP contribution in [-0.2, 0) is 6.42 Å². The first-order valence-electron chi connectivity index (χ1n) is 6.90. The van der Waals surface area contributed by atoms with Gasteiger partial charge in [0.1, 0.15) is 17.5 Å². The van der Waals surface area contributed by atoms with Crippen LogP contribution in [0.1, 0.15) is 24.7 Å². The molecule has 0 aliphatic carbocycles. The first-order valence-corrected chi connectivity index (χ1v) is 6.90. The first-order chi connectivity index (χ1) is 9.13. The lowest BCUT2D eigenvalue weighted by atomic mass is 10.1. The van der Waals surface area contributed by atoms with Gasteiger partial charge in [-0.2, -0.15) is 0 Å². The van der Waals surface area contributed by atoms with Crippen LogP contribution in [-0.4, -0.2) is 41.5 Å². The van der Waals surface area contributed by atoms with E-state index in [2.05, 4.69) is 32.7 Å². The molecule has 0 spiro atoms. The van der Waals surface area contributed by atoms with Gasteiger partial charge >= 0.3 is 0 Å². The molecule has 0 aromatic carbocycles. The number of hydrogen-bond donors (Lipinski definition) is 3. The molecule has 1 aliphatic rings. The maximum absolute atomic E-state index is 5.50. The Morgan fingerprint density at radius 3 is 2.68 bits per heavy atom. The molecule has 1 fully saturated rings. The Bertz CT molecular complexity index is 433. The van der Waals surface area contributed by atoms with Crippen LogP contribution in [0.3, 0.4) is 0 Å². The number of hydrazine groups is 1. The SMILES string of the molecule is CCc1nc(NN)c(C)c(NCC2CCN(C)C2)n1. The van der Waals surface area contributed by atoms with E-state index in [0.717, 1.165) is 36.7 Å². The van der Waals surface area contributed by atoms with Crippen molar-refractivity contribution in [1.82, 2.24) is 14.9 Å². The van der Waals surface area contributed by atoms with Crippen LogP contribution in [0, 0.1) is 12.8 Å². The van der Waals surface area contributed by atoms with Crippen molar-refractivity contribution < 1.29 is 0 Å². The molecule has 1 aromatic rings. The summed E-state index contributed by atoms with van der Waals surface area (Å²) in [5.41, 5.74) is 3.62. The molecule has 106 valence electrons. The second-order valence-corrected chi connectivity index (χ2v) is 5.26. The fourth-order valence-corrected chi connectivity index (χ4v) is 2.47. The molecule has 1 saturated heterocycles. The Labute approximate surface area is 114 Å². The summed E-state index contributed by atoms with van der Waals surface area (Å²) in [6, 6.07) is 0. The van der Waals surface area contributed by atoms with E-state index >= 15 is 0 Å². The quantitative estimate of drug-likeness (QED) is 0.544. The Balaban J connectivity index is 2.06. The third-order valence-electron chi connectivity index (χ3n) is 3.69. The molecule has 19 heavy (non-hydrogen) atoms. The van der Waals surface area contributed by atoms with E-state index in [-0.39, 0.29) is 0 Å². The summed E-state index contributed by atoms with van der Waals surface area (Å²) < 4.78 is 0. The molecule has 6 heteroatoms. The Kier molecular flexibility index (Phi) is 4.55. The van der Waals surface area contributed by atoms with Gasteiger partial charge in [0.15, 0.2) is 0 Å². The van der Waals surface area contributed by atoms with E-state index in [1.165, 1.54) is 13.0 Å². The molecule has 2 rings (SSSR count). The van der Waals surface area contributed by atoms with Crippen LogP contribution in [0.4, 0.5) is 11.6 Å². The van der Waals surface area contributed by atoms with Crippen LogP contribution in [0.15, 0.2) is 0 Å². The minimum absolute atomic E-state index is 0.693. The number of nitrogens with zero attached hydrogens (tertiary/aromatic N) is 3. The van der Waals surface area contributed by atoms with Gasteiger partial charge in [-0.3, -0.25) is 0 Å². The maximum atomic E-state index is 5.50.